The zero-order valence-corrected chi connectivity index (χ0v) is 13.2. The Morgan fingerprint density at radius 1 is 1.42 bits per heavy atom. The smallest absolute Gasteiger partial charge is 0.250 e. The summed E-state index contributed by atoms with van der Waals surface area (Å²) in [6.45, 7) is 6.22. The van der Waals surface area contributed by atoms with E-state index in [9.17, 15) is 8.42 Å². The summed E-state index contributed by atoms with van der Waals surface area (Å²) in [7, 11) is -3.32. The Kier molecular flexibility index (Phi) is 5.00. The van der Waals surface area contributed by atoms with Crippen LogP contribution in [0.5, 0.6) is 0 Å². The van der Waals surface area contributed by atoms with Crippen LogP contribution in [0.4, 0.5) is 0 Å². The molecule has 1 fully saturated rings. The maximum atomic E-state index is 12.2. The lowest BCUT2D eigenvalue weighted by Gasteiger charge is -2.25. The van der Waals surface area contributed by atoms with Crippen LogP contribution in [0.3, 0.4) is 0 Å². The van der Waals surface area contributed by atoms with E-state index in [0.717, 1.165) is 36.4 Å². The lowest BCUT2D eigenvalue weighted by molar-refractivity contribution is 0.316. The van der Waals surface area contributed by atoms with Crippen molar-refractivity contribution >= 4 is 21.4 Å². The van der Waals surface area contributed by atoms with Gasteiger partial charge in [-0.25, -0.2) is 13.1 Å². The molecular weight excluding hydrogens is 280 g/mol. The van der Waals surface area contributed by atoms with Gasteiger partial charge in [0.05, 0.1) is 0 Å². The van der Waals surface area contributed by atoms with E-state index < -0.39 is 10.0 Å². The number of rotatable bonds is 7. The molecule has 1 aromatic rings. The molecule has 1 saturated carbocycles. The first-order chi connectivity index (χ1) is 9.03. The molecule has 0 atom stereocenters. The fourth-order valence-electron chi connectivity index (χ4n) is 2.03. The molecule has 1 aromatic heterocycles. The minimum Gasteiger partial charge on any atom is -0.312 e. The molecule has 1 aliphatic carbocycles. The van der Waals surface area contributed by atoms with E-state index >= 15 is 0 Å². The van der Waals surface area contributed by atoms with Crippen LogP contribution in [0.25, 0.3) is 0 Å². The lowest BCUT2D eigenvalue weighted by atomic mass is 9.86. The van der Waals surface area contributed by atoms with Crippen molar-refractivity contribution in [2.45, 2.75) is 43.9 Å². The van der Waals surface area contributed by atoms with Crippen molar-refractivity contribution in [3.63, 3.8) is 0 Å². The number of thiophene rings is 1. The van der Waals surface area contributed by atoms with E-state index in [0.29, 0.717) is 16.7 Å². The zero-order valence-electron chi connectivity index (χ0n) is 11.5. The van der Waals surface area contributed by atoms with Gasteiger partial charge < -0.3 is 5.32 Å². The summed E-state index contributed by atoms with van der Waals surface area (Å²) < 4.78 is 27.6. The van der Waals surface area contributed by atoms with Crippen LogP contribution in [0.2, 0.25) is 0 Å². The summed E-state index contributed by atoms with van der Waals surface area (Å²) in [5.41, 5.74) is 1.05. The third kappa shape index (κ3) is 3.78. The van der Waals surface area contributed by atoms with Crippen molar-refractivity contribution in [3.05, 3.63) is 16.5 Å². The molecule has 0 amide bonds. The minimum atomic E-state index is -3.32. The number of aryl methyl sites for hydroxylation is 1. The summed E-state index contributed by atoms with van der Waals surface area (Å²) in [6.07, 6.45) is 3.53. The summed E-state index contributed by atoms with van der Waals surface area (Å²) in [5, 5.41) is 3.23. The molecule has 0 saturated heterocycles. The van der Waals surface area contributed by atoms with Crippen LogP contribution >= 0.6 is 11.3 Å². The topological polar surface area (TPSA) is 58.2 Å². The van der Waals surface area contributed by atoms with Gasteiger partial charge in [-0.3, -0.25) is 0 Å². The molecule has 0 radical (unpaired) electrons. The predicted molar refractivity (Wildman–Crippen MR) is 79.0 cm³/mol. The van der Waals surface area contributed by atoms with Crippen molar-refractivity contribution in [3.8, 4) is 0 Å². The normalized spacial score (nSPS) is 16.5. The van der Waals surface area contributed by atoms with Gasteiger partial charge in [0.15, 0.2) is 0 Å². The Hall–Kier alpha value is -0.430. The summed E-state index contributed by atoms with van der Waals surface area (Å²) in [6, 6.07) is 1.78. The molecule has 1 heterocycles. The first-order valence-corrected chi connectivity index (χ1v) is 9.12. The second kappa shape index (κ2) is 6.35. The summed E-state index contributed by atoms with van der Waals surface area (Å²) in [4.78, 5) is 1.10. The molecule has 0 bridgehead atoms. The van der Waals surface area contributed by atoms with E-state index in [4.69, 9.17) is 0 Å². The fraction of sp³-hybridized carbons (Fsp3) is 0.692. The molecule has 19 heavy (non-hydrogen) atoms. The highest BCUT2D eigenvalue weighted by molar-refractivity contribution is 7.91. The Bertz CT molecular complexity index is 519. The molecular formula is C13H22N2O2S2. The largest absolute Gasteiger partial charge is 0.312 e. The van der Waals surface area contributed by atoms with Crippen LogP contribution in [-0.4, -0.2) is 21.5 Å². The van der Waals surface area contributed by atoms with Gasteiger partial charge >= 0.3 is 0 Å². The van der Waals surface area contributed by atoms with E-state index in [1.54, 1.807) is 6.07 Å². The molecule has 0 aliphatic heterocycles. The molecule has 2 N–H and O–H groups in total. The Labute approximate surface area is 119 Å². The summed E-state index contributed by atoms with van der Waals surface area (Å²) in [5.74, 6) is 0.539. The van der Waals surface area contributed by atoms with E-state index in [2.05, 4.69) is 10.0 Å². The molecule has 1 aliphatic rings. The Morgan fingerprint density at radius 3 is 2.74 bits per heavy atom. The summed E-state index contributed by atoms with van der Waals surface area (Å²) >= 11 is 1.37. The molecule has 0 unspecified atom stereocenters. The van der Waals surface area contributed by atoms with Crippen molar-refractivity contribution in [1.82, 2.24) is 10.0 Å². The van der Waals surface area contributed by atoms with Crippen LogP contribution in [0, 0.1) is 12.8 Å². The first kappa shape index (κ1) is 15.0. The van der Waals surface area contributed by atoms with Gasteiger partial charge in [0, 0.05) is 18.0 Å². The molecule has 2 rings (SSSR count). The molecule has 0 aromatic carbocycles. The molecule has 4 nitrogen and oxygen atoms in total. The van der Waals surface area contributed by atoms with Gasteiger partial charge in [-0.1, -0.05) is 13.3 Å². The SMILES string of the molecule is CCNCc1sc(S(=O)(=O)NCC2CCC2)cc1C. The van der Waals surface area contributed by atoms with Crippen molar-refractivity contribution in [1.29, 1.82) is 0 Å². The Balaban J connectivity index is 2.02. The average Bonchev–Trinajstić information content (AvgIpc) is 2.66. The van der Waals surface area contributed by atoms with E-state index in [1.165, 1.54) is 17.8 Å². The molecule has 6 heteroatoms. The highest BCUT2D eigenvalue weighted by Crippen LogP contribution is 2.28. The fourth-order valence-corrected chi connectivity index (χ4v) is 4.75. The van der Waals surface area contributed by atoms with Crippen LogP contribution in [0.1, 0.15) is 36.6 Å². The lowest BCUT2D eigenvalue weighted by Crippen LogP contribution is -2.31. The quantitative estimate of drug-likeness (QED) is 0.812. The zero-order chi connectivity index (χ0) is 13.9. The Morgan fingerprint density at radius 2 is 2.16 bits per heavy atom. The third-order valence-corrected chi connectivity index (χ3v) is 6.72. The van der Waals surface area contributed by atoms with Gasteiger partial charge in [0.2, 0.25) is 10.0 Å². The van der Waals surface area contributed by atoms with Crippen LogP contribution in [-0.2, 0) is 16.6 Å². The average molecular weight is 302 g/mol. The number of hydrogen-bond acceptors (Lipinski definition) is 4. The maximum Gasteiger partial charge on any atom is 0.250 e. The molecule has 0 spiro atoms. The van der Waals surface area contributed by atoms with Gasteiger partial charge in [0.25, 0.3) is 0 Å². The number of nitrogens with one attached hydrogen (secondary N) is 2. The van der Waals surface area contributed by atoms with Crippen LogP contribution in [0.15, 0.2) is 10.3 Å². The van der Waals surface area contributed by atoms with Gasteiger partial charge in [0.1, 0.15) is 4.21 Å². The monoisotopic (exact) mass is 302 g/mol. The van der Waals surface area contributed by atoms with Crippen molar-refractivity contribution in [2.75, 3.05) is 13.1 Å². The van der Waals surface area contributed by atoms with Gasteiger partial charge in [-0.15, -0.1) is 11.3 Å². The first-order valence-electron chi connectivity index (χ1n) is 6.82. The predicted octanol–water partition coefficient (Wildman–Crippen LogP) is 2.24. The number of sulfonamides is 1. The van der Waals surface area contributed by atoms with Gasteiger partial charge in [-0.05, 0) is 43.9 Å². The number of hydrogen-bond donors (Lipinski definition) is 2. The maximum absolute atomic E-state index is 12.2. The standard InChI is InChI=1S/C13H22N2O2S2/c1-3-14-9-12-10(2)7-13(18-12)19(16,17)15-8-11-5-4-6-11/h7,11,14-15H,3-6,8-9H2,1-2H3. The highest BCUT2D eigenvalue weighted by atomic mass is 32.2. The second-order valence-corrected chi connectivity index (χ2v) is 8.23. The van der Waals surface area contributed by atoms with Crippen LogP contribution < -0.4 is 10.0 Å². The minimum absolute atomic E-state index is 0.442. The van der Waals surface area contributed by atoms with Gasteiger partial charge in [-0.2, -0.15) is 0 Å². The molecule has 108 valence electrons. The van der Waals surface area contributed by atoms with Crippen molar-refractivity contribution in [2.24, 2.45) is 5.92 Å². The highest BCUT2D eigenvalue weighted by Gasteiger charge is 2.23. The second-order valence-electron chi connectivity index (χ2n) is 5.10. The van der Waals surface area contributed by atoms with E-state index in [1.807, 2.05) is 13.8 Å². The third-order valence-electron chi connectivity index (χ3n) is 3.59. The van der Waals surface area contributed by atoms with Crippen molar-refractivity contribution < 1.29 is 8.42 Å². The van der Waals surface area contributed by atoms with E-state index in [-0.39, 0.29) is 0 Å².